The minimum atomic E-state index is 0.474. The molecule has 0 aliphatic carbocycles. The van der Waals surface area contributed by atoms with Crippen LogP contribution in [-0.4, -0.2) is 18.0 Å². The molecule has 0 bridgehead atoms. The molecule has 0 fully saturated rings. The van der Waals surface area contributed by atoms with Crippen LogP contribution in [0.25, 0.3) is 0 Å². The lowest BCUT2D eigenvalue weighted by Crippen LogP contribution is -2.23. The topological polar surface area (TPSA) is 3.24 Å². The molecule has 88 valence electrons. The fourth-order valence-electron chi connectivity index (χ4n) is 1.02. The first kappa shape index (κ1) is 14.5. The number of hydrogen-bond donors (Lipinski definition) is 0. The van der Waals surface area contributed by atoms with Crippen molar-refractivity contribution in [3.63, 3.8) is 0 Å². The molecule has 0 atom stereocenters. The number of hydrogen-bond acceptors (Lipinski definition) is 1. The predicted octanol–water partition coefficient (Wildman–Crippen LogP) is 4.09. The van der Waals surface area contributed by atoms with E-state index in [9.17, 15) is 0 Å². The van der Waals surface area contributed by atoms with E-state index in [-0.39, 0.29) is 0 Å². The van der Waals surface area contributed by atoms with E-state index in [0.29, 0.717) is 6.04 Å². The maximum Gasteiger partial charge on any atom is 0.0292 e. The van der Waals surface area contributed by atoms with Crippen LogP contribution in [0.5, 0.6) is 0 Å². The highest BCUT2D eigenvalue weighted by Gasteiger charge is 2.01. The molecule has 0 rings (SSSR count). The second kappa shape index (κ2) is 7.75. The van der Waals surface area contributed by atoms with E-state index in [4.69, 9.17) is 0 Å². The van der Waals surface area contributed by atoms with Gasteiger partial charge in [-0.3, -0.25) is 0 Å². The van der Waals surface area contributed by atoms with Gasteiger partial charge in [-0.2, -0.15) is 0 Å². The zero-order chi connectivity index (χ0) is 12.6. The Morgan fingerprint density at radius 3 is 2.31 bits per heavy atom. The van der Waals surface area contributed by atoms with E-state index in [0.717, 1.165) is 5.70 Å². The van der Waals surface area contributed by atoms with E-state index in [1.165, 1.54) is 5.57 Å². The van der Waals surface area contributed by atoms with Gasteiger partial charge in [-0.15, -0.1) is 0 Å². The molecule has 0 N–H and O–H groups in total. The average molecular weight is 217 g/mol. The first-order chi connectivity index (χ1) is 7.49. The summed E-state index contributed by atoms with van der Waals surface area (Å²) in [6.07, 6.45) is 11.8. The van der Waals surface area contributed by atoms with E-state index in [1.807, 2.05) is 31.4 Å². The number of allylic oxidation sites excluding steroid dienone is 7. The van der Waals surface area contributed by atoms with Gasteiger partial charge in [-0.05, 0) is 26.8 Å². The Balaban J connectivity index is 4.38. The Labute approximate surface area is 100 Å². The van der Waals surface area contributed by atoms with Crippen LogP contribution in [0.1, 0.15) is 20.8 Å². The van der Waals surface area contributed by atoms with Crippen LogP contribution >= 0.6 is 0 Å². The van der Waals surface area contributed by atoms with Crippen LogP contribution in [0.4, 0.5) is 0 Å². The molecule has 0 amide bonds. The van der Waals surface area contributed by atoms with Gasteiger partial charge in [0, 0.05) is 18.8 Å². The molecule has 1 nitrogen and oxygen atoms in total. The molecule has 0 unspecified atom stereocenters. The summed E-state index contributed by atoms with van der Waals surface area (Å²) in [4.78, 5) is 2.14. The second-order valence-electron chi connectivity index (χ2n) is 4.06. The largest absolute Gasteiger partial charge is 0.373 e. The summed E-state index contributed by atoms with van der Waals surface area (Å²) in [5, 5.41) is 0. The van der Waals surface area contributed by atoms with Gasteiger partial charge in [0.25, 0.3) is 0 Å². The van der Waals surface area contributed by atoms with E-state index < -0.39 is 0 Å². The van der Waals surface area contributed by atoms with Crippen molar-refractivity contribution < 1.29 is 0 Å². The normalized spacial score (nSPS) is 12.7. The van der Waals surface area contributed by atoms with Crippen molar-refractivity contribution in [1.29, 1.82) is 0 Å². The lowest BCUT2D eigenvalue weighted by atomic mass is 10.2. The van der Waals surface area contributed by atoms with Gasteiger partial charge in [0.05, 0.1) is 0 Å². The summed E-state index contributed by atoms with van der Waals surface area (Å²) in [6, 6.07) is 0.474. The number of rotatable bonds is 6. The van der Waals surface area contributed by atoms with Gasteiger partial charge in [0.15, 0.2) is 0 Å². The van der Waals surface area contributed by atoms with E-state index in [2.05, 4.69) is 44.9 Å². The van der Waals surface area contributed by atoms with Gasteiger partial charge in [0.2, 0.25) is 0 Å². The van der Waals surface area contributed by atoms with Crippen molar-refractivity contribution in [2.75, 3.05) is 7.05 Å². The number of likely N-dealkylation sites (N-methyl/N-ethyl adjacent to an activating group) is 1. The molecule has 0 aromatic rings. The monoisotopic (exact) mass is 217 g/mol. The molecule has 0 radical (unpaired) electrons. The molecular weight excluding hydrogens is 194 g/mol. The maximum absolute atomic E-state index is 4.02. The molecule has 16 heavy (non-hydrogen) atoms. The Morgan fingerprint density at radius 2 is 1.81 bits per heavy atom. The van der Waals surface area contributed by atoms with Gasteiger partial charge in [-0.1, -0.05) is 49.1 Å². The summed E-state index contributed by atoms with van der Waals surface area (Å²) >= 11 is 0. The van der Waals surface area contributed by atoms with Gasteiger partial charge in [-0.25, -0.2) is 0 Å². The lowest BCUT2D eigenvalue weighted by Gasteiger charge is -2.23. The molecule has 1 heteroatoms. The Hall–Kier alpha value is -1.50. The van der Waals surface area contributed by atoms with Gasteiger partial charge in [0.1, 0.15) is 0 Å². The fourth-order valence-corrected chi connectivity index (χ4v) is 1.02. The maximum atomic E-state index is 4.02. The van der Waals surface area contributed by atoms with Crippen LogP contribution in [-0.2, 0) is 0 Å². The third kappa shape index (κ3) is 6.07. The van der Waals surface area contributed by atoms with Crippen molar-refractivity contribution in [1.82, 2.24) is 4.90 Å². The Morgan fingerprint density at radius 1 is 1.19 bits per heavy atom. The summed E-state index contributed by atoms with van der Waals surface area (Å²) in [5.41, 5.74) is 2.21. The number of nitrogens with zero attached hydrogens (tertiary/aromatic N) is 1. The van der Waals surface area contributed by atoms with E-state index >= 15 is 0 Å². The quantitative estimate of drug-likeness (QED) is 0.606. The molecule has 0 saturated carbocycles. The molecular formula is C15H23N. The highest BCUT2D eigenvalue weighted by atomic mass is 15.1. The minimum Gasteiger partial charge on any atom is -0.373 e. The lowest BCUT2D eigenvalue weighted by molar-refractivity contribution is 0.356. The summed E-state index contributed by atoms with van der Waals surface area (Å²) < 4.78 is 0. The van der Waals surface area contributed by atoms with Crippen LogP contribution in [0.3, 0.4) is 0 Å². The van der Waals surface area contributed by atoms with Crippen LogP contribution in [0.15, 0.2) is 60.9 Å². The van der Waals surface area contributed by atoms with Gasteiger partial charge < -0.3 is 4.90 Å². The molecule has 0 aromatic carbocycles. The smallest absolute Gasteiger partial charge is 0.0292 e. The van der Waals surface area contributed by atoms with Crippen molar-refractivity contribution in [2.45, 2.75) is 26.8 Å². The van der Waals surface area contributed by atoms with Crippen molar-refractivity contribution in [3.8, 4) is 0 Å². The minimum absolute atomic E-state index is 0.474. The molecule has 0 spiro atoms. The SMILES string of the molecule is C=C\C=C/C=C(C)/C=C/C(=C)N(C)C(C)C. The highest BCUT2D eigenvalue weighted by molar-refractivity contribution is 5.27. The Bertz CT molecular complexity index is 316. The first-order valence-corrected chi connectivity index (χ1v) is 5.54. The zero-order valence-corrected chi connectivity index (χ0v) is 10.9. The molecule has 0 aliphatic rings. The summed E-state index contributed by atoms with van der Waals surface area (Å²) in [5.74, 6) is 0. The third-order valence-electron chi connectivity index (χ3n) is 2.37. The molecule has 0 aromatic heterocycles. The fraction of sp³-hybridized carbons (Fsp3) is 0.333. The average Bonchev–Trinajstić information content (AvgIpc) is 2.25. The standard InChI is InChI=1S/C15H23N/c1-7-8-9-10-14(4)11-12-15(5)16(6)13(2)3/h7-13H,1,5H2,2-4,6H3/b9-8-,12-11+,14-10+. The molecule has 0 aliphatic heterocycles. The predicted molar refractivity (Wildman–Crippen MR) is 74.3 cm³/mol. The second-order valence-corrected chi connectivity index (χ2v) is 4.06. The zero-order valence-electron chi connectivity index (χ0n) is 10.9. The van der Waals surface area contributed by atoms with Crippen molar-refractivity contribution in [2.24, 2.45) is 0 Å². The van der Waals surface area contributed by atoms with Crippen LogP contribution < -0.4 is 0 Å². The highest BCUT2D eigenvalue weighted by Crippen LogP contribution is 2.07. The molecule has 0 heterocycles. The van der Waals surface area contributed by atoms with Crippen LogP contribution in [0, 0.1) is 0 Å². The van der Waals surface area contributed by atoms with Crippen molar-refractivity contribution in [3.05, 3.63) is 60.9 Å². The van der Waals surface area contributed by atoms with E-state index in [1.54, 1.807) is 6.08 Å². The van der Waals surface area contributed by atoms with Gasteiger partial charge >= 0.3 is 0 Å². The third-order valence-corrected chi connectivity index (χ3v) is 2.37. The summed E-state index contributed by atoms with van der Waals surface area (Å²) in [7, 11) is 2.05. The first-order valence-electron chi connectivity index (χ1n) is 5.54. The summed E-state index contributed by atoms with van der Waals surface area (Å²) in [6.45, 7) is 14.0. The Kier molecular flexibility index (Phi) is 7.02. The van der Waals surface area contributed by atoms with Crippen LogP contribution in [0.2, 0.25) is 0 Å². The van der Waals surface area contributed by atoms with Crippen molar-refractivity contribution >= 4 is 0 Å². The molecule has 0 saturated heterocycles.